The average Bonchev–Trinajstić information content (AvgIpc) is 3.33. The standard InChI is InChI=1S/C34H37Br/c1-20(2)24-17-25(21(3)4)19-26(18-24)29-9-7-10-30-27(22(5)15-32(29)30)13-14-28-23(6)16-33-31(28)11-8-12-34(33)35/h7-12,15-21,27-28H,13-14H2,1-6H3. The Bertz CT molecular complexity index is 1310. The molecule has 3 aromatic rings. The SMILES string of the molecule is CC1=Cc2c(Br)cccc2C1CCC1C(C)=Cc2c(-c3cc(C(C)C)cc(C(C)C)c3)cccc21. The highest BCUT2D eigenvalue weighted by molar-refractivity contribution is 9.10. The molecular formula is C34H37Br. The van der Waals surface area contributed by atoms with Gasteiger partial charge < -0.3 is 0 Å². The molecule has 3 aromatic carbocycles. The van der Waals surface area contributed by atoms with E-state index in [1.807, 2.05) is 0 Å². The Kier molecular flexibility index (Phi) is 6.66. The van der Waals surface area contributed by atoms with E-state index in [2.05, 4.69) is 124 Å². The van der Waals surface area contributed by atoms with Gasteiger partial charge in [-0.25, -0.2) is 0 Å². The van der Waals surface area contributed by atoms with Gasteiger partial charge in [-0.1, -0.05) is 115 Å². The Hall–Kier alpha value is -2.38. The zero-order chi connectivity index (χ0) is 24.9. The van der Waals surface area contributed by atoms with Crippen LogP contribution in [0.5, 0.6) is 0 Å². The molecule has 0 saturated heterocycles. The maximum absolute atomic E-state index is 3.75. The van der Waals surface area contributed by atoms with Gasteiger partial charge in [0.1, 0.15) is 0 Å². The molecule has 0 aromatic heterocycles. The van der Waals surface area contributed by atoms with Crippen LogP contribution in [0.3, 0.4) is 0 Å². The second kappa shape index (κ2) is 9.58. The summed E-state index contributed by atoms with van der Waals surface area (Å²) in [5.74, 6) is 2.09. The van der Waals surface area contributed by atoms with Gasteiger partial charge in [0.15, 0.2) is 0 Å². The molecule has 0 heterocycles. The highest BCUT2D eigenvalue weighted by Gasteiger charge is 2.29. The summed E-state index contributed by atoms with van der Waals surface area (Å²) in [6, 6.07) is 20.9. The van der Waals surface area contributed by atoms with E-state index in [9.17, 15) is 0 Å². The number of benzene rings is 3. The van der Waals surface area contributed by atoms with E-state index in [1.54, 1.807) is 0 Å². The lowest BCUT2D eigenvalue weighted by Crippen LogP contribution is -2.03. The number of fused-ring (bicyclic) bond motifs is 2. The van der Waals surface area contributed by atoms with Crippen molar-refractivity contribution in [2.45, 2.75) is 78.1 Å². The second-order valence-corrected chi connectivity index (χ2v) is 12.1. The van der Waals surface area contributed by atoms with Crippen LogP contribution >= 0.6 is 15.9 Å². The predicted octanol–water partition coefficient (Wildman–Crippen LogP) is 10.8. The van der Waals surface area contributed by atoms with Crippen LogP contribution in [0.15, 0.2) is 70.2 Å². The van der Waals surface area contributed by atoms with Crippen LogP contribution in [0.4, 0.5) is 0 Å². The van der Waals surface area contributed by atoms with Crippen LogP contribution in [-0.4, -0.2) is 0 Å². The van der Waals surface area contributed by atoms with Crippen molar-refractivity contribution < 1.29 is 0 Å². The summed E-state index contributed by atoms with van der Waals surface area (Å²) in [6.45, 7) is 13.8. The number of hydrogen-bond acceptors (Lipinski definition) is 0. The van der Waals surface area contributed by atoms with Crippen LogP contribution in [0.25, 0.3) is 23.3 Å². The Morgan fingerprint density at radius 1 is 0.686 bits per heavy atom. The Labute approximate surface area is 220 Å². The molecule has 0 saturated carbocycles. The summed E-state index contributed by atoms with van der Waals surface area (Å²) in [6.07, 6.45) is 7.21. The smallest absolute Gasteiger partial charge is 0.0250 e. The highest BCUT2D eigenvalue weighted by atomic mass is 79.9. The molecule has 35 heavy (non-hydrogen) atoms. The van der Waals surface area contributed by atoms with E-state index in [-0.39, 0.29) is 0 Å². The molecule has 2 aliphatic rings. The van der Waals surface area contributed by atoms with Gasteiger partial charge >= 0.3 is 0 Å². The van der Waals surface area contributed by atoms with Crippen LogP contribution in [-0.2, 0) is 0 Å². The van der Waals surface area contributed by atoms with Crippen molar-refractivity contribution >= 4 is 28.1 Å². The fraction of sp³-hybridized carbons (Fsp3) is 0.353. The summed E-state index contributed by atoms with van der Waals surface area (Å²) in [5.41, 5.74) is 14.4. The molecule has 0 N–H and O–H groups in total. The molecule has 0 fully saturated rings. The Morgan fingerprint density at radius 2 is 1.20 bits per heavy atom. The molecular weight excluding hydrogens is 488 g/mol. The molecule has 0 amide bonds. The third-order valence-electron chi connectivity index (χ3n) is 8.19. The van der Waals surface area contributed by atoms with Gasteiger partial charge in [-0.3, -0.25) is 0 Å². The number of allylic oxidation sites excluding steroid dienone is 2. The third-order valence-corrected chi connectivity index (χ3v) is 8.88. The molecule has 0 bridgehead atoms. The number of hydrogen-bond donors (Lipinski definition) is 0. The van der Waals surface area contributed by atoms with Crippen molar-refractivity contribution in [3.05, 3.63) is 104 Å². The zero-order valence-corrected chi connectivity index (χ0v) is 23.5. The molecule has 180 valence electrons. The quantitative estimate of drug-likeness (QED) is 0.300. The molecule has 2 atom stereocenters. The first-order valence-corrected chi connectivity index (χ1v) is 14.0. The van der Waals surface area contributed by atoms with E-state index >= 15 is 0 Å². The molecule has 0 spiro atoms. The second-order valence-electron chi connectivity index (χ2n) is 11.2. The monoisotopic (exact) mass is 524 g/mol. The van der Waals surface area contributed by atoms with Gasteiger partial charge in [0.25, 0.3) is 0 Å². The van der Waals surface area contributed by atoms with Crippen molar-refractivity contribution in [3.63, 3.8) is 0 Å². The Morgan fingerprint density at radius 3 is 1.77 bits per heavy atom. The average molecular weight is 526 g/mol. The largest absolute Gasteiger partial charge is 0.0652 e. The molecule has 1 heteroatoms. The van der Waals surface area contributed by atoms with E-state index in [0.29, 0.717) is 23.7 Å². The normalized spacial score (nSPS) is 18.7. The lowest BCUT2D eigenvalue weighted by molar-refractivity contribution is 0.611. The van der Waals surface area contributed by atoms with E-state index in [4.69, 9.17) is 0 Å². The minimum absolute atomic E-state index is 0.506. The van der Waals surface area contributed by atoms with Crippen molar-refractivity contribution in [1.82, 2.24) is 0 Å². The molecule has 2 aliphatic carbocycles. The van der Waals surface area contributed by atoms with Crippen molar-refractivity contribution in [2.75, 3.05) is 0 Å². The van der Waals surface area contributed by atoms with E-state index in [1.165, 1.54) is 73.0 Å². The van der Waals surface area contributed by atoms with Crippen LogP contribution < -0.4 is 0 Å². The molecule has 0 aliphatic heterocycles. The summed E-state index contributed by atoms with van der Waals surface area (Å²) in [7, 11) is 0. The summed E-state index contributed by atoms with van der Waals surface area (Å²) in [4.78, 5) is 0. The summed E-state index contributed by atoms with van der Waals surface area (Å²) >= 11 is 3.75. The highest BCUT2D eigenvalue weighted by Crippen LogP contribution is 2.47. The summed E-state index contributed by atoms with van der Waals surface area (Å²) < 4.78 is 1.22. The molecule has 0 nitrogen and oxygen atoms in total. The van der Waals surface area contributed by atoms with Crippen molar-refractivity contribution in [3.8, 4) is 11.1 Å². The van der Waals surface area contributed by atoms with Gasteiger partial charge in [-0.2, -0.15) is 0 Å². The number of rotatable bonds is 6. The minimum atomic E-state index is 0.506. The maximum Gasteiger partial charge on any atom is 0.0250 e. The fourth-order valence-electron chi connectivity index (χ4n) is 6.06. The minimum Gasteiger partial charge on any atom is -0.0652 e. The lowest BCUT2D eigenvalue weighted by atomic mass is 9.84. The topological polar surface area (TPSA) is 0 Å². The van der Waals surface area contributed by atoms with Crippen LogP contribution in [0.2, 0.25) is 0 Å². The van der Waals surface area contributed by atoms with Gasteiger partial charge in [0.05, 0.1) is 0 Å². The fourth-order valence-corrected chi connectivity index (χ4v) is 6.55. The van der Waals surface area contributed by atoms with Crippen molar-refractivity contribution in [2.24, 2.45) is 0 Å². The molecule has 5 rings (SSSR count). The van der Waals surface area contributed by atoms with Gasteiger partial charge in [0, 0.05) is 16.3 Å². The van der Waals surface area contributed by atoms with Crippen molar-refractivity contribution in [1.29, 1.82) is 0 Å². The summed E-state index contributed by atoms with van der Waals surface area (Å²) in [5, 5.41) is 0. The first-order chi connectivity index (χ1) is 16.7. The van der Waals surface area contributed by atoms with Crippen LogP contribution in [0.1, 0.15) is 111 Å². The van der Waals surface area contributed by atoms with E-state index in [0.717, 1.165) is 0 Å². The Balaban J connectivity index is 1.46. The van der Waals surface area contributed by atoms with E-state index < -0.39 is 0 Å². The number of halogens is 1. The van der Waals surface area contributed by atoms with Gasteiger partial charge in [0.2, 0.25) is 0 Å². The lowest BCUT2D eigenvalue weighted by Gasteiger charge is -2.20. The van der Waals surface area contributed by atoms with Gasteiger partial charge in [-0.05, 0) is 89.1 Å². The third kappa shape index (κ3) is 4.49. The zero-order valence-electron chi connectivity index (χ0n) is 22.0. The first kappa shape index (κ1) is 24.3. The molecule has 2 unspecified atom stereocenters. The maximum atomic E-state index is 3.75. The predicted molar refractivity (Wildman–Crippen MR) is 156 cm³/mol. The van der Waals surface area contributed by atoms with Crippen LogP contribution in [0, 0.1) is 0 Å². The molecule has 0 radical (unpaired) electrons. The first-order valence-electron chi connectivity index (χ1n) is 13.2. The van der Waals surface area contributed by atoms with Gasteiger partial charge in [-0.15, -0.1) is 0 Å².